The zero-order valence-corrected chi connectivity index (χ0v) is 15.6. The maximum atomic E-state index is 12.3. The normalized spacial score (nSPS) is 21.8. The van der Waals surface area contributed by atoms with E-state index in [0.717, 1.165) is 11.3 Å². The van der Waals surface area contributed by atoms with E-state index < -0.39 is 6.10 Å². The Hall–Kier alpha value is -2.87. The van der Waals surface area contributed by atoms with Crippen molar-refractivity contribution >= 4 is 11.8 Å². The molecular formula is C20H26N4O4. The topological polar surface area (TPSA) is 127 Å². The molecule has 1 fully saturated rings. The van der Waals surface area contributed by atoms with Gasteiger partial charge < -0.3 is 20.8 Å². The number of phenols is 1. The third-order valence-corrected chi connectivity index (χ3v) is 5.12. The summed E-state index contributed by atoms with van der Waals surface area (Å²) >= 11 is 0. The molecule has 28 heavy (non-hydrogen) atoms. The summed E-state index contributed by atoms with van der Waals surface area (Å²) in [7, 11) is 0. The van der Waals surface area contributed by atoms with Gasteiger partial charge in [-0.2, -0.15) is 5.10 Å². The van der Waals surface area contributed by atoms with Crippen molar-refractivity contribution < 1.29 is 19.8 Å². The van der Waals surface area contributed by atoms with Crippen LogP contribution in [0, 0.1) is 5.92 Å². The van der Waals surface area contributed by atoms with E-state index >= 15 is 0 Å². The fourth-order valence-corrected chi connectivity index (χ4v) is 3.46. The maximum absolute atomic E-state index is 12.3. The minimum Gasteiger partial charge on any atom is -0.508 e. The molecule has 8 heteroatoms. The third-order valence-electron chi connectivity index (χ3n) is 5.12. The van der Waals surface area contributed by atoms with Crippen LogP contribution in [0.4, 0.5) is 0 Å². The number of H-pyrrole nitrogens is 1. The minimum absolute atomic E-state index is 0.0919. The molecule has 1 heterocycles. The van der Waals surface area contributed by atoms with Crippen LogP contribution in [0.25, 0.3) is 0 Å². The summed E-state index contributed by atoms with van der Waals surface area (Å²) in [6.45, 7) is 0.378. The lowest BCUT2D eigenvalue weighted by molar-refractivity contribution is -0.128. The molecule has 0 bridgehead atoms. The van der Waals surface area contributed by atoms with Gasteiger partial charge in [0, 0.05) is 18.5 Å². The number of nitrogens with one attached hydrogen (secondary N) is 3. The van der Waals surface area contributed by atoms with E-state index in [9.17, 15) is 19.8 Å². The smallest absolute Gasteiger partial charge is 0.223 e. The molecule has 1 aromatic heterocycles. The number of amides is 2. The van der Waals surface area contributed by atoms with Crippen LogP contribution in [-0.4, -0.2) is 44.4 Å². The van der Waals surface area contributed by atoms with E-state index in [2.05, 4.69) is 20.8 Å². The largest absolute Gasteiger partial charge is 0.508 e. The Morgan fingerprint density at radius 3 is 2.64 bits per heavy atom. The lowest BCUT2D eigenvalue weighted by Gasteiger charge is -2.33. The first-order valence-electron chi connectivity index (χ1n) is 9.52. The number of carbonyl (C=O) groups is 2. The molecule has 0 aliphatic heterocycles. The number of aryl methyl sites for hydroxylation is 1. The molecule has 0 spiro atoms. The molecule has 0 saturated heterocycles. The summed E-state index contributed by atoms with van der Waals surface area (Å²) in [4.78, 5) is 24.5. The number of hydrogen-bond donors (Lipinski definition) is 5. The molecule has 0 unspecified atom stereocenters. The predicted octanol–water partition coefficient (Wildman–Crippen LogP) is 1.01. The molecule has 1 aromatic carbocycles. The van der Waals surface area contributed by atoms with Crippen LogP contribution < -0.4 is 10.6 Å². The number of aromatic hydroxyl groups is 1. The number of phenolic OH excluding ortho intramolecular Hbond substituents is 1. The van der Waals surface area contributed by atoms with Crippen LogP contribution in [0.3, 0.4) is 0 Å². The van der Waals surface area contributed by atoms with Gasteiger partial charge in [0.1, 0.15) is 5.75 Å². The van der Waals surface area contributed by atoms with Crippen molar-refractivity contribution in [3.05, 3.63) is 47.8 Å². The van der Waals surface area contributed by atoms with Crippen molar-refractivity contribution in [1.82, 2.24) is 20.8 Å². The zero-order valence-electron chi connectivity index (χ0n) is 15.6. The Morgan fingerprint density at radius 2 is 1.96 bits per heavy atom. The fraction of sp³-hybridized carbons (Fsp3) is 0.450. The van der Waals surface area contributed by atoms with Crippen LogP contribution in [0.15, 0.2) is 36.5 Å². The monoisotopic (exact) mass is 386 g/mol. The van der Waals surface area contributed by atoms with Crippen LogP contribution in [-0.2, 0) is 22.6 Å². The van der Waals surface area contributed by atoms with Gasteiger partial charge in [-0.15, -0.1) is 0 Å². The first kappa shape index (κ1) is 19.9. The Kier molecular flexibility index (Phi) is 6.65. The Balaban J connectivity index is 1.40. The molecular weight excluding hydrogens is 360 g/mol. The molecule has 1 saturated carbocycles. The minimum atomic E-state index is -0.741. The van der Waals surface area contributed by atoms with Crippen LogP contribution in [0.5, 0.6) is 5.75 Å². The molecule has 150 valence electrons. The van der Waals surface area contributed by atoms with Gasteiger partial charge in [-0.25, -0.2) is 0 Å². The van der Waals surface area contributed by atoms with Crippen LogP contribution >= 0.6 is 0 Å². The van der Waals surface area contributed by atoms with Gasteiger partial charge in [-0.3, -0.25) is 14.7 Å². The molecule has 8 nitrogen and oxygen atoms in total. The van der Waals surface area contributed by atoms with Crippen LogP contribution in [0.1, 0.15) is 36.9 Å². The maximum Gasteiger partial charge on any atom is 0.223 e. The average Bonchev–Trinajstić information content (AvgIpc) is 3.21. The van der Waals surface area contributed by atoms with Crippen LogP contribution in [0.2, 0.25) is 0 Å². The highest BCUT2D eigenvalue weighted by molar-refractivity contribution is 5.79. The van der Waals surface area contributed by atoms with Gasteiger partial charge >= 0.3 is 0 Å². The first-order chi connectivity index (χ1) is 13.5. The van der Waals surface area contributed by atoms with Gasteiger partial charge in [0.05, 0.1) is 24.4 Å². The molecule has 2 aromatic rings. The van der Waals surface area contributed by atoms with Gasteiger partial charge in [-0.05, 0) is 49.4 Å². The molecule has 5 N–H and O–H groups in total. The standard InChI is InChI=1S/C20H26N4O4/c25-16-5-1-13(2-6-16)3-8-19(27)23-17-7-4-14(11-18(17)26)20(28)21-12-15-9-10-22-24-15/h1-2,5-6,9-10,14,17-18,25-26H,3-4,7-8,11-12H2,(H,21,28)(H,22,24)(H,23,27)/t14-,17-,18-/m0/s1. The van der Waals surface area contributed by atoms with Gasteiger partial charge in [0.2, 0.25) is 11.8 Å². The quantitative estimate of drug-likeness (QED) is 0.485. The second kappa shape index (κ2) is 9.36. The highest BCUT2D eigenvalue weighted by Gasteiger charge is 2.33. The first-order valence-corrected chi connectivity index (χ1v) is 9.52. The van der Waals surface area contributed by atoms with Gasteiger partial charge in [-0.1, -0.05) is 12.1 Å². The second-order valence-corrected chi connectivity index (χ2v) is 7.22. The van der Waals surface area contributed by atoms with Crippen molar-refractivity contribution in [2.45, 2.75) is 50.8 Å². The summed E-state index contributed by atoms with van der Waals surface area (Å²) in [5, 5.41) is 32.0. The number of benzene rings is 1. The second-order valence-electron chi connectivity index (χ2n) is 7.22. The molecule has 1 aliphatic carbocycles. The SMILES string of the molecule is O=C(CCc1ccc(O)cc1)N[C@H]1CC[C@H](C(=O)NCc2ccn[nH]2)C[C@@H]1O. The molecule has 1 aliphatic rings. The van der Waals surface area contributed by atoms with E-state index in [0.29, 0.717) is 38.6 Å². The number of rotatable bonds is 7. The van der Waals surface area contributed by atoms with Crippen molar-refractivity contribution in [1.29, 1.82) is 0 Å². The highest BCUT2D eigenvalue weighted by atomic mass is 16.3. The van der Waals surface area contributed by atoms with Gasteiger partial charge in [0.25, 0.3) is 0 Å². The van der Waals surface area contributed by atoms with E-state index in [1.165, 1.54) is 0 Å². The van der Waals surface area contributed by atoms with E-state index in [1.54, 1.807) is 36.5 Å². The van der Waals surface area contributed by atoms with Crippen molar-refractivity contribution in [2.24, 2.45) is 5.92 Å². The molecule has 0 radical (unpaired) electrons. The Morgan fingerprint density at radius 1 is 1.18 bits per heavy atom. The van der Waals surface area contributed by atoms with E-state index in [4.69, 9.17) is 0 Å². The zero-order chi connectivity index (χ0) is 19.9. The molecule has 2 amide bonds. The highest BCUT2D eigenvalue weighted by Crippen LogP contribution is 2.25. The van der Waals surface area contributed by atoms with Gasteiger partial charge in [0.15, 0.2) is 0 Å². The Labute approximate surface area is 163 Å². The number of aliphatic hydroxyl groups excluding tert-OH is 1. The average molecular weight is 386 g/mol. The number of aromatic amines is 1. The number of aliphatic hydroxyl groups is 1. The Bertz CT molecular complexity index is 776. The number of aromatic nitrogens is 2. The van der Waals surface area contributed by atoms with Crippen molar-refractivity contribution in [3.8, 4) is 5.75 Å². The number of carbonyl (C=O) groups excluding carboxylic acids is 2. The van der Waals surface area contributed by atoms with E-state index in [1.807, 2.05) is 0 Å². The molecule has 3 atom stereocenters. The number of nitrogens with zero attached hydrogens (tertiary/aromatic N) is 1. The summed E-state index contributed by atoms with van der Waals surface area (Å²) < 4.78 is 0. The predicted molar refractivity (Wildman–Crippen MR) is 102 cm³/mol. The lowest BCUT2D eigenvalue weighted by Crippen LogP contribution is -2.49. The summed E-state index contributed by atoms with van der Waals surface area (Å²) in [6.07, 6.45) is 3.27. The molecule has 3 rings (SSSR count). The number of hydrogen-bond acceptors (Lipinski definition) is 5. The summed E-state index contributed by atoms with van der Waals surface area (Å²) in [5.74, 6) is -0.283. The van der Waals surface area contributed by atoms with Crippen molar-refractivity contribution in [2.75, 3.05) is 0 Å². The fourth-order valence-electron chi connectivity index (χ4n) is 3.46. The lowest BCUT2D eigenvalue weighted by atomic mass is 9.83. The van der Waals surface area contributed by atoms with Crippen molar-refractivity contribution in [3.63, 3.8) is 0 Å². The van der Waals surface area contributed by atoms with E-state index in [-0.39, 0.29) is 29.5 Å². The summed E-state index contributed by atoms with van der Waals surface area (Å²) in [6, 6.07) is 8.21. The third kappa shape index (κ3) is 5.56. The summed E-state index contributed by atoms with van der Waals surface area (Å²) in [5.41, 5.74) is 1.79.